The molecule has 1 fully saturated rings. The Morgan fingerprint density at radius 2 is 1.97 bits per heavy atom. The summed E-state index contributed by atoms with van der Waals surface area (Å²) in [6, 6.07) is 3.39. The Balaban J connectivity index is 1.62. The highest BCUT2D eigenvalue weighted by molar-refractivity contribution is 5.94. The molecule has 11 heteroatoms. The second-order valence-electron chi connectivity index (χ2n) is 8.17. The van der Waals surface area contributed by atoms with Gasteiger partial charge in [-0.1, -0.05) is 18.2 Å². The third kappa shape index (κ3) is 5.49. The number of carbonyl (C=O) groups excluding carboxylic acids is 3. The number of carboxylic acids is 1. The maximum absolute atomic E-state index is 13.0. The van der Waals surface area contributed by atoms with Crippen LogP contribution in [0.15, 0.2) is 30.5 Å². The molecule has 33 heavy (non-hydrogen) atoms. The summed E-state index contributed by atoms with van der Waals surface area (Å²) in [5.41, 5.74) is 7.83. The molecule has 3 rings (SSSR count). The van der Waals surface area contributed by atoms with Gasteiger partial charge in [-0.05, 0) is 37.8 Å². The van der Waals surface area contributed by atoms with Crippen LogP contribution in [0.1, 0.15) is 25.3 Å². The van der Waals surface area contributed by atoms with Gasteiger partial charge in [-0.3, -0.25) is 19.2 Å². The first kappa shape index (κ1) is 24.2. The van der Waals surface area contributed by atoms with Gasteiger partial charge in [0.15, 0.2) is 0 Å². The molecule has 7 N–H and O–H groups in total. The van der Waals surface area contributed by atoms with Crippen LogP contribution in [0.3, 0.4) is 0 Å². The normalized spacial score (nSPS) is 18.5. The lowest BCUT2D eigenvalue weighted by Gasteiger charge is -2.28. The molecule has 0 bridgehead atoms. The molecule has 1 aromatic carbocycles. The third-order valence-electron chi connectivity index (χ3n) is 5.82. The number of benzene rings is 1. The van der Waals surface area contributed by atoms with Crippen molar-refractivity contribution in [3.63, 3.8) is 0 Å². The van der Waals surface area contributed by atoms with E-state index in [4.69, 9.17) is 10.8 Å². The number of nitrogens with one attached hydrogen (secondary N) is 3. The van der Waals surface area contributed by atoms with Crippen LogP contribution in [0.2, 0.25) is 0 Å². The number of H-pyrrole nitrogens is 1. The summed E-state index contributed by atoms with van der Waals surface area (Å²) >= 11 is 0. The number of carboxylic acid groups (broad SMARTS) is 1. The Labute approximate surface area is 190 Å². The summed E-state index contributed by atoms with van der Waals surface area (Å²) in [6.07, 6.45) is 2.90. The van der Waals surface area contributed by atoms with Gasteiger partial charge in [-0.25, -0.2) is 0 Å². The van der Waals surface area contributed by atoms with E-state index < -0.39 is 54.5 Å². The fourth-order valence-electron chi connectivity index (χ4n) is 3.97. The molecule has 1 aliphatic heterocycles. The fourth-order valence-corrected chi connectivity index (χ4v) is 3.97. The van der Waals surface area contributed by atoms with Crippen molar-refractivity contribution >= 4 is 34.6 Å². The van der Waals surface area contributed by atoms with Crippen LogP contribution >= 0.6 is 0 Å². The van der Waals surface area contributed by atoms with Crippen molar-refractivity contribution in [1.82, 2.24) is 20.5 Å². The van der Waals surface area contributed by atoms with Crippen LogP contribution in [0.5, 0.6) is 0 Å². The Morgan fingerprint density at radius 1 is 1.24 bits per heavy atom. The summed E-state index contributed by atoms with van der Waals surface area (Å²) < 4.78 is 0. The van der Waals surface area contributed by atoms with Gasteiger partial charge in [-0.2, -0.15) is 0 Å². The molecule has 0 spiro atoms. The summed E-state index contributed by atoms with van der Waals surface area (Å²) in [5.74, 6) is -3.00. The molecule has 1 saturated heterocycles. The van der Waals surface area contributed by atoms with E-state index in [-0.39, 0.29) is 13.0 Å². The van der Waals surface area contributed by atoms with Gasteiger partial charge in [0.2, 0.25) is 17.7 Å². The molecule has 0 aliphatic carbocycles. The van der Waals surface area contributed by atoms with Crippen molar-refractivity contribution in [1.29, 1.82) is 0 Å². The van der Waals surface area contributed by atoms with Gasteiger partial charge in [0.05, 0.1) is 12.6 Å². The summed E-state index contributed by atoms with van der Waals surface area (Å²) in [6.45, 7) is 0.917. The van der Waals surface area contributed by atoms with E-state index >= 15 is 0 Å². The number of aliphatic carboxylic acids is 1. The molecule has 4 unspecified atom stereocenters. The Kier molecular flexibility index (Phi) is 7.67. The molecule has 2 aromatic rings. The topological polar surface area (TPSA) is 178 Å². The minimum Gasteiger partial charge on any atom is -0.480 e. The minimum atomic E-state index is -1.27. The number of para-hydroxylation sites is 1. The first-order valence-corrected chi connectivity index (χ1v) is 10.8. The Hall–Kier alpha value is -3.44. The van der Waals surface area contributed by atoms with Crippen LogP contribution < -0.4 is 16.4 Å². The van der Waals surface area contributed by atoms with E-state index in [1.54, 1.807) is 6.20 Å². The Bertz CT molecular complexity index is 1040. The number of rotatable bonds is 9. The first-order valence-electron chi connectivity index (χ1n) is 10.8. The average molecular weight is 460 g/mol. The predicted molar refractivity (Wildman–Crippen MR) is 119 cm³/mol. The standard InChI is InChI=1S/C22H29N5O6/c1-12(22(32)33)25-20(30)18-7-4-8-27(18)21(31)17(11-28)26-19(29)15(23)9-13-10-24-16-6-3-2-5-14(13)16/h2-3,5-6,10,12,15,17-18,24,28H,4,7-9,11,23H2,1H3,(H,25,30)(H,26,29)(H,32,33). The molecule has 1 aromatic heterocycles. The van der Waals surface area contributed by atoms with Crippen LogP contribution in [-0.4, -0.2) is 81.1 Å². The summed E-state index contributed by atoms with van der Waals surface area (Å²) in [7, 11) is 0. The second-order valence-corrected chi connectivity index (χ2v) is 8.17. The quantitative estimate of drug-likeness (QED) is 0.281. The lowest BCUT2D eigenvalue weighted by atomic mass is 10.0. The van der Waals surface area contributed by atoms with Crippen molar-refractivity contribution in [2.24, 2.45) is 5.73 Å². The molecule has 0 radical (unpaired) electrons. The monoisotopic (exact) mass is 459 g/mol. The van der Waals surface area contributed by atoms with Crippen LogP contribution in [0, 0.1) is 0 Å². The fraction of sp³-hybridized carbons (Fsp3) is 0.455. The number of hydrogen-bond acceptors (Lipinski definition) is 6. The number of likely N-dealkylation sites (tertiary alicyclic amines) is 1. The number of aliphatic hydroxyl groups excluding tert-OH is 1. The lowest BCUT2D eigenvalue weighted by Crippen LogP contribution is -2.57. The highest BCUT2D eigenvalue weighted by atomic mass is 16.4. The van der Waals surface area contributed by atoms with Crippen LogP contribution in [0.25, 0.3) is 10.9 Å². The highest BCUT2D eigenvalue weighted by Gasteiger charge is 2.38. The Morgan fingerprint density at radius 3 is 2.67 bits per heavy atom. The van der Waals surface area contributed by atoms with Crippen molar-refractivity contribution in [2.45, 2.75) is 50.4 Å². The van der Waals surface area contributed by atoms with Crippen LogP contribution in [-0.2, 0) is 25.6 Å². The number of carbonyl (C=O) groups is 4. The second kappa shape index (κ2) is 10.5. The molecule has 4 atom stereocenters. The van der Waals surface area contributed by atoms with E-state index in [2.05, 4.69) is 15.6 Å². The minimum absolute atomic E-state index is 0.226. The molecule has 178 valence electrons. The van der Waals surface area contributed by atoms with Gasteiger partial charge in [0.25, 0.3) is 0 Å². The van der Waals surface area contributed by atoms with Gasteiger partial charge in [0, 0.05) is 23.6 Å². The van der Waals surface area contributed by atoms with Crippen LogP contribution in [0.4, 0.5) is 0 Å². The average Bonchev–Trinajstić information content (AvgIpc) is 3.44. The number of nitrogens with zero attached hydrogens (tertiary/aromatic N) is 1. The molecule has 11 nitrogen and oxygen atoms in total. The van der Waals surface area contributed by atoms with Crippen molar-refractivity contribution in [2.75, 3.05) is 13.2 Å². The van der Waals surface area contributed by atoms with Crippen molar-refractivity contribution in [3.8, 4) is 0 Å². The van der Waals surface area contributed by atoms with Crippen molar-refractivity contribution in [3.05, 3.63) is 36.0 Å². The molecule has 3 amide bonds. The van der Waals surface area contributed by atoms with Gasteiger partial charge >= 0.3 is 5.97 Å². The maximum atomic E-state index is 13.0. The smallest absolute Gasteiger partial charge is 0.325 e. The molecule has 0 saturated carbocycles. The molecule has 1 aliphatic rings. The summed E-state index contributed by atoms with van der Waals surface area (Å²) in [4.78, 5) is 53.5. The number of aromatic amines is 1. The summed E-state index contributed by atoms with van der Waals surface area (Å²) in [5, 5.41) is 24.5. The molecule has 2 heterocycles. The van der Waals surface area contributed by atoms with Gasteiger partial charge < -0.3 is 36.5 Å². The van der Waals surface area contributed by atoms with E-state index in [0.717, 1.165) is 16.5 Å². The SMILES string of the molecule is CC(NC(=O)C1CCCN1C(=O)C(CO)NC(=O)C(N)Cc1c[nH]c2ccccc12)C(=O)O. The third-order valence-corrected chi connectivity index (χ3v) is 5.82. The first-order chi connectivity index (χ1) is 15.7. The maximum Gasteiger partial charge on any atom is 0.325 e. The predicted octanol–water partition coefficient (Wildman–Crippen LogP) is -0.905. The zero-order valence-corrected chi connectivity index (χ0v) is 18.3. The van der Waals surface area contributed by atoms with E-state index in [1.165, 1.54) is 11.8 Å². The largest absolute Gasteiger partial charge is 0.480 e. The van der Waals surface area contributed by atoms with E-state index in [0.29, 0.717) is 12.8 Å². The zero-order chi connectivity index (χ0) is 24.1. The number of hydrogen-bond donors (Lipinski definition) is 6. The number of nitrogens with two attached hydrogens (primary N) is 1. The van der Waals surface area contributed by atoms with E-state index in [9.17, 15) is 24.3 Å². The number of aromatic nitrogens is 1. The number of fused-ring (bicyclic) bond motifs is 1. The van der Waals surface area contributed by atoms with Crippen molar-refractivity contribution < 1.29 is 29.4 Å². The molecular weight excluding hydrogens is 430 g/mol. The van der Waals surface area contributed by atoms with E-state index in [1.807, 2.05) is 24.3 Å². The zero-order valence-electron chi connectivity index (χ0n) is 18.3. The molecular formula is C22H29N5O6. The van der Waals surface area contributed by atoms with Gasteiger partial charge in [-0.15, -0.1) is 0 Å². The highest BCUT2D eigenvalue weighted by Crippen LogP contribution is 2.20. The number of amides is 3. The lowest BCUT2D eigenvalue weighted by molar-refractivity contribution is -0.145. The van der Waals surface area contributed by atoms with Gasteiger partial charge in [0.1, 0.15) is 18.1 Å². The number of aliphatic hydroxyl groups is 1.